The van der Waals surface area contributed by atoms with Gasteiger partial charge in [0.1, 0.15) is 0 Å². The fourth-order valence-electron chi connectivity index (χ4n) is 0.616. The van der Waals surface area contributed by atoms with Gasteiger partial charge in [0.05, 0.1) is 0 Å². The molecule has 0 radical (unpaired) electrons. The Kier molecular flexibility index (Phi) is 5.87. The first-order chi connectivity index (χ1) is 4.54. The van der Waals surface area contributed by atoms with Crippen LogP contribution in [0.4, 0.5) is 0 Å². The molecule has 0 N–H and O–H groups in total. The number of nitrogens with zero attached hydrogens (tertiary/aromatic N) is 2. The molecule has 0 saturated carbocycles. The summed E-state index contributed by atoms with van der Waals surface area (Å²) in [4.78, 5) is 2.24. The first-order valence-electron chi connectivity index (χ1n) is 3.89. The quantitative estimate of drug-likeness (QED) is 0.721. The van der Waals surface area contributed by atoms with E-state index in [1.54, 1.807) is 0 Å². The first kappa shape index (κ1) is 10.8. The zero-order valence-electron chi connectivity index (χ0n) is 7.89. The summed E-state index contributed by atoms with van der Waals surface area (Å²) in [6.07, 6.45) is 0. The van der Waals surface area contributed by atoms with Gasteiger partial charge in [0, 0.05) is 0 Å². The monoisotopic (exact) mass is 246 g/mol. The second-order valence-corrected chi connectivity index (χ2v) is 12.1. The summed E-state index contributed by atoms with van der Waals surface area (Å²) in [5.74, 6) is 0. The summed E-state index contributed by atoms with van der Waals surface area (Å²) in [5.41, 5.74) is 0. The number of hydrogen-bond acceptors (Lipinski definition) is 2. The molecule has 0 amide bonds. The van der Waals surface area contributed by atoms with E-state index < -0.39 is 21.7 Å². The zero-order chi connectivity index (χ0) is 8.15. The minimum atomic E-state index is -1.12. The van der Waals surface area contributed by atoms with Gasteiger partial charge in [0.2, 0.25) is 0 Å². The van der Waals surface area contributed by atoms with E-state index in [2.05, 4.69) is 38.3 Å². The van der Waals surface area contributed by atoms with Gasteiger partial charge in [0.15, 0.2) is 0 Å². The standard InChI is InChI=1S/C5H13N2.2CH3.In/c1-6-4-5-7(2)3;;;/h4-5H2,1-3H3;2*1H3;/q-1;;;+1. The van der Waals surface area contributed by atoms with Crippen molar-refractivity contribution in [1.82, 2.24) is 7.79 Å². The van der Waals surface area contributed by atoms with Gasteiger partial charge in [-0.1, -0.05) is 0 Å². The van der Waals surface area contributed by atoms with Crippen LogP contribution in [0.25, 0.3) is 0 Å². The van der Waals surface area contributed by atoms with Gasteiger partial charge in [-0.2, -0.15) is 0 Å². The van der Waals surface area contributed by atoms with Gasteiger partial charge in [-0.05, 0) is 0 Å². The summed E-state index contributed by atoms with van der Waals surface area (Å²) < 4.78 is 7.41. The van der Waals surface area contributed by atoms with Crippen molar-refractivity contribution in [3.63, 3.8) is 0 Å². The van der Waals surface area contributed by atoms with Crippen molar-refractivity contribution in [2.75, 3.05) is 34.2 Å². The Bertz CT molecular complexity index is 83.7. The Balaban J connectivity index is 3.30. The molecule has 0 atom stereocenters. The number of hydrogen-bond donors (Lipinski definition) is 0. The third-order valence-corrected chi connectivity index (χ3v) is 7.55. The Labute approximate surface area is 73.1 Å². The van der Waals surface area contributed by atoms with Crippen LogP contribution < -0.4 is 0 Å². The van der Waals surface area contributed by atoms with Gasteiger partial charge in [-0.3, -0.25) is 0 Å². The fraction of sp³-hybridized carbons (Fsp3) is 1.00. The van der Waals surface area contributed by atoms with Crippen molar-refractivity contribution in [3.8, 4) is 0 Å². The van der Waals surface area contributed by atoms with Crippen LogP contribution in [0.15, 0.2) is 0 Å². The van der Waals surface area contributed by atoms with Gasteiger partial charge in [0.25, 0.3) is 0 Å². The summed E-state index contributed by atoms with van der Waals surface area (Å²) in [6.45, 7) is 2.45. The van der Waals surface area contributed by atoms with E-state index >= 15 is 0 Å². The molecule has 0 aliphatic heterocycles. The van der Waals surface area contributed by atoms with E-state index in [0.717, 1.165) is 0 Å². The zero-order valence-corrected chi connectivity index (χ0v) is 11.2. The third kappa shape index (κ3) is 5.57. The second kappa shape index (κ2) is 5.44. The van der Waals surface area contributed by atoms with Crippen LogP contribution in [0.1, 0.15) is 0 Å². The first-order valence-corrected chi connectivity index (χ1v) is 12.0. The molecule has 60 valence electrons. The maximum atomic E-state index is 2.56. The van der Waals surface area contributed by atoms with Gasteiger partial charge in [-0.25, -0.2) is 0 Å². The molecule has 10 heavy (non-hydrogen) atoms. The minimum absolute atomic E-state index is 1.12. The van der Waals surface area contributed by atoms with Gasteiger partial charge >= 0.3 is 73.1 Å². The molecule has 0 spiro atoms. The van der Waals surface area contributed by atoms with Crippen LogP contribution in [0.2, 0.25) is 9.36 Å². The number of likely N-dealkylation sites (N-methyl/N-ethyl adjacent to an activating group) is 2. The molecule has 0 saturated heterocycles. The molecule has 0 unspecified atom stereocenters. The van der Waals surface area contributed by atoms with E-state index in [0.29, 0.717) is 0 Å². The molecular weight excluding hydrogens is 227 g/mol. The Hall–Kier alpha value is 0.790. The van der Waals surface area contributed by atoms with E-state index in [1.807, 2.05) is 0 Å². The molecule has 0 aromatic carbocycles. The van der Waals surface area contributed by atoms with E-state index in [9.17, 15) is 0 Å². The van der Waals surface area contributed by atoms with Gasteiger partial charge < -0.3 is 0 Å². The molecule has 0 fully saturated rings. The van der Waals surface area contributed by atoms with Crippen LogP contribution in [0, 0.1) is 0 Å². The van der Waals surface area contributed by atoms with Crippen molar-refractivity contribution in [2.45, 2.75) is 9.36 Å². The molecule has 0 heterocycles. The predicted octanol–water partition coefficient (Wildman–Crippen LogP) is 0.731. The topological polar surface area (TPSA) is 6.48 Å². The molecule has 0 aliphatic carbocycles. The SMILES string of the molecule is CN(C)CC[N](C)[In]([CH3])[CH3]. The molecular formula is C7H19InN2. The molecule has 0 bridgehead atoms. The normalized spacial score (nSPS) is 11.1. The van der Waals surface area contributed by atoms with E-state index in [4.69, 9.17) is 0 Å². The molecule has 0 aliphatic rings. The van der Waals surface area contributed by atoms with Crippen LogP contribution >= 0.6 is 0 Å². The number of rotatable bonds is 4. The molecule has 3 heteroatoms. The van der Waals surface area contributed by atoms with Crippen molar-refractivity contribution in [1.29, 1.82) is 0 Å². The van der Waals surface area contributed by atoms with E-state index in [1.165, 1.54) is 13.1 Å². The van der Waals surface area contributed by atoms with Crippen molar-refractivity contribution < 1.29 is 0 Å². The van der Waals surface area contributed by atoms with Crippen molar-refractivity contribution in [2.24, 2.45) is 0 Å². The summed E-state index contributed by atoms with van der Waals surface area (Å²) in [7, 11) is 6.51. The van der Waals surface area contributed by atoms with Gasteiger partial charge in [-0.15, -0.1) is 0 Å². The molecule has 2 nitrogen and oxygen atoms in total. The molecule has 0 aromatic rings. The Morgan fingerprint density at radius 1 is 1.00 bits per heavy atom. The summed E-state index contributed by atoms with van der Waals surface area (Å²) in [5, 5.41) is 0. The fourth-order valence-corrected chi connectivity index (χ4v) is 2.42. The predicted molar refractivity (Wildman–Crippen MR) is 48.7 cm³/mol. The Morgan fingerprint density at radius 2 is 1.50 bits per heavy atom. The molecule has 0 aromatic heterocycles. The third-order valence-electron chi connectivity index (χ3n) is 1.78. The van der Waals surface area contributed by atoms with Crippen molar-refractivity contribution in [3.05, 3.63) is 0 Å². The average Bonchev–Trinajstić information content (AvgIpc) is 1.82. The summed E-state index contributed by atoms with van der Waals surface area (Å²) in [6, 6.07) is 0. The van der Waals surface area contributed by atoms with Crippen LogP contribution in [-0.4, -0.2) is 63.7 Å². The van der Waals surface area contributed by atoms with Crippen LogP contribution in [0.5, 0.6) is 0 Å². The molecule has 0 rings (SSSR count). The average molecular weight is 246 g/mol. The summed E-state index contributed by atoms with van der Waals surface area (Å²) >= 11 is -1.12. The van der Waals surface area contributed by atoms with Crippen LogP contribution in [0.3, 0.4) is 0 Å². The maximum absolute atomic E-state index is 2.56. The van der Waals surface area contributed by atoms with Crippen LogP contribution in [-0.2, 0) is 0 Å². The van der Waals surface area contributed by atoms with Crippen molar-refractivity contribution >= 4 is 21.7 Å². The Morgan fingerprint density at radius 3 is 1.80 bits per heavy atom. The second-order valence-electron chi connectivity index (χ2n) is 3.38. The van der Waals surface area contributed by atoms with E-state index in [-0.39, 0.29) is 0 Å².